The predicted molar refractivity (Wildman–Crippen MR) is 97.0 cm³/mol. The number of aliphatic hydroxyl groups is 1. The molecule has 2 fully saturated rings. The molecule has 1 aromatic rings. The minimum absolute atomic E-state index is 0.305. The SMILES string of the molecule is Cc1ccsc1CN1CCN(C2CCN(C)CC2)C(CCO)C1. The van der Waals surface area contributed by atoms with Crippen LogP contribution in [0, 0.1) is 6.92 Å². The number of thiophene rings is 1. The van der Waals surface area contributed by atoms with E-state index < -0.39 is 0 Å². The largest absolute Gasteiger partial charge is 0.396 e. The molecule has 1 N–H and O–H groups in total. The molecule has 1 unspecified atom stereocenters. The third-order valence-electron chi connectivity index (χ3n) is 5.57. The lowest BCUT2D eigenvalue weighted by Crippen LogP contribution is -2.58. The molecule has 0 aliphatic carbocycles. The second-order valence-electron chi connectivity index (χ2n) is 7.20. The van der Waals surface area contributed by atoms with Crippen LogP contribution < -0.4 is 0 Å². The molecule has 0 amide bonds. The first-order valence-electron chi connectivity index (χ1n) is 8.98. The van der Waals surface area contributed by atoms with Crippen LogP contribution in [0.5, 0.6) is 0 Å². The summed E-state index contributed by atoms with van der Waals surface area (Å²) in [5.41, 5.74) is 1.42. The predicted octanol–water partition coefficient (Wildman–Crippen LogP) is 2.02. The Hall–Kier alpha value is -0.460. The van der Waals surface area contributed by atoms with Crippen LogP contribution in [0.25, 0.3) is 0 Å². The van der Waals surface area contributed by atoms with Gasteiger partial charge in [0.2, 0.25) is 0 Å². The lowest BCUT2D eigenvalue weighted by molar-refractivity contribution is 0.00624. The maximum Gasteiger partial charge on any atom is 0.0446 e. The number of hydrogen-bond acceptors (Lipinski definition) is 5. The van der Waals surface area contributed by atoms with Gasteiger partial charge in [-0.05, 0) is 63.3 Å². The fraction of sp³-hybridized carbons (Fsp3) is 0.778. The number of rotatable bonds is 5. The van der Waals surface area contributed by atoms with Crippen molar-refractivity contribution < 1.29 is 5.11 Å². The molecule has 0 spiro atoms. The normalized spacial score (nSPS) is 26.0. The van der Waals surface area contributed by atoms with Crippen LogP contribution in [0.3, 0.4) is 0 Å². The van der Waals surface area contributed by atoms with Gasteiger partial charge in [0.25, 0.3) is 0 Å². The van der Waals surface area contributed by atoms with Gasteiger partial charge in [-0.25, -0.2) is 0 Å². The zero-order valence-corrected chi connectivity index (χ0v) is 15.4. The number of nitrogens with zero attached hydrogens (tertiary/aromatic N) is 3. The van der Waals surface area contributed by atoms with Crippen molar-refractivity contribution in [2.45, 2.75) is 44.8 Å². The number of aliphatic hydroxyl groups excluding tert-OH is 1. The summed E-state index contributed by atoms with van der Waals surface area (Å²) >= 11 is 1.88. The first-order valence-corrected chi connectivity index (χ1v) is 9.86. The van der Waals surface area contributed by atoms with Crippen LogP contribution >= 0.6 is 11.3 Å². The van der Waals surface area contributed by atoms with Crippen molar-refractivity contribution in [3.63, 3.8) is 0 Å². The van der Waals surface area contributed by atoms with E-state index in [2.05, 4.69) is 40.1 Å². The molecule has 1 aromatic heterocycles. The van der Waals surface area contributed by atoms with Crippen LogP contribution in [-0.4, -0.2) is 78.3 Å². The molecule has 0 aromatic carbocycles. The van der Waals surface area contributed by atoms with E-state index in [9.17, 15) is 5.11 Å². The van der Waals surface area contributed by atoms with Crippen molar-refractivity contribution in [2.24, 2.45) is 0 Å². The van der Waals surface area contributed by atoms with Gasteiger partial charge in [-0.2, -0.15) is 0 Å². The maximum atomic E-state index is 9.51. The van der Waals surface area contributed by atoms with Crippen LogP contribution in [0.4, 0.5) is 0 Å². The molecule has 0 bridgehead atoms. The van der Waals surface area contributed by atoms with Crippen molar-refractivity contribution in [2.75, 3.05) is 46.4 Å². The molecule has 2 aliphatic heterocycles. The van der Waals surface area contributed by atoms with E-state index >= 15 is 0 Å². The van der Waals surface area contributed by atoms with E-state index in [1.54, 1.807) is 0 Å². The molecule has 1 atom stereocenters. The monoisotopic (exact) mass is 337 g/mol. The molecule has 5 heteroatoms. The zero-order valence-electron chi connectivity index (χ0n) is 14.6. The number of likely N-dealkylation sites (tertiary alicyclic amines) is 1. The number of piperazine rings is 1. The zero-order chi connectivity index (χ0) is 16.2. The minimum atomic E-state index is 0.305. The van der Waals surface area contributed by atoms with E-state index in [0.717, 1.165) is 32.6 Å². The molecule has 4 nitrogen and oxygen atoms in total. The van der Waals surface area contributed by atoms with Gasteiger partial charge in [-0.15, -0.1) is 11.3 Å². The van der Waals surface area contributed by atoms with Gasteiger partial charge in [-0.1, -0.05) is 0 Å². The van der Waals surface area contributed by atoms with Crippen molar-refractivity contribution >= 4 is 11.3 Å². The molecule has 23 heavy (non-hydrogen) atoms. The van der Waals surface area contributed by atoms with Crippen LogP contribution in [-0.2, 0) is 6.54 Å². The number of piperidine rings is 1. The summed E-state index contributed by atoms with van der Waals surface area (Å²) in [6.07, 6.45) is 3.47. The van der Waals surface area contributed by atoms with E-state index in [1.807, 2.05) is 11.3 Å². The molecule has 2 aliphatic rings. The minimum Gasteiger partial charge on any atom is -0.396 e. The van der Waals surface area contributed by atoms with Gasteiger partial charge in [-0.3, -0.25) is 9.80 Å². The first kappa shape index (κ1) is 17.4. The number of hydrogen-bond donors (Lipinski definition) is 1. The summed E-state index contributed by atoms with van der Waals surface area (Å²) in [5, 5.41) is 11.7. The highest BCUT2D eigenvalue weighted by Gasteiger charge is 2.33. The van der Waals surface area contributed by atoms with E-state index in [4.69, 9.17) is 0 Å². The van der Waals surface area contributed by atoms with Crippen LogP contribution in [0.1, 0.15) is 29.7 Å². The van der Waals surface area contributed by atoms with E-state index in [-0.39, 0.29) is 0 Å². The second kappa shape index (κ2) is 8.08. The van der Waals surface area contributed by atoms with E-state index in [1.165, 1.54) is 36.4 Å². The second-order valence-corrected chi connectivity index (χ2v) is 8.20. The molecule has 0 saturated carbocycles. The van der Waals surface area contributed by atoms with Crippen LogP contribution in [0.2, 0.25) is 0 Å². The summed E-state index contributed by atoms with van der Waals surface area (Å²) in [7, 11) is 2.22. The fourth-order valence-electron chi connectivity index (χ4n) is 4.06. The molecule has 2 saturated heterocycles. The lowest BCUT2D eigenvalue weighted by atomic mass is 9.98. The highest BCUT2D eigenvalue weighted by Crippen LogP contribution is 2.25. The Bertz CT molecular complexity index is 484. The van der Waals surface area contributed by atoms with Crippen molar-refractivity contribution in [1.82, 2.24) is 14.7 Å². The quantitative estimate of drug-likeness (QED) is 0.890. The van der Waals surface area contributed by atoms with Gasteiger partial charge < -0.3 is 10.0 Å². The summed E-state index contributed by atoms with van der Waals surface area (Å²) < 4.78 is 0. The Morgan fingerprint density at radius 1 is 1.22 bits per heavy atom. The number of aryl methyl sites for hydroxylation is 1. The Morgan fingerprint density at radius 3 is 2.65 bits per heavy atom. The fourth-order valence-corrected chi connectivity index (χ4v) is 5.01. The Labute approximate surface area is 144 Å². The lowest BCUT2D eigenvalue weighted by Gasteiger charge is -2.47. The molecule has 3 heterocycles. The van der Waals surface area contributed by atoms with Gasteiger partial charge in [0.1, 0.15) is 0 Å². The standard InChI is InChI=1S/C18H31N3OS/c1-15-6-12-23-18(15)14-20-9-10-21(17(13-20)5-11-22)16-3-7-19(2)8-4-16/h6,12,16-17,22H,3-5,7-11,13-14H2,1-2H3. The topological polar surface area (TPSA) is 30.0 Å². The average Bonchev–Trinajstić information content (AvgIpc) is 2.94. The van der Waals surface area contributed by atoms with Gasteiger partial charge in [0.05, 0.1) is 0 Å². The Kier molecular flexibility index (Phi) is 6.10. The smallest absolute Gasteiger partial charge is 0.0446 e. The molecular weight excluding hydrogens is 306 g/mol. The van der Waals surface area contributed by atoms with E-state index in [0.29, 0.717) is 18.7 Å². The molecule has 0 radical (unpaired) electrons. The summed E-state index contributed by atoms with van der Waals surface area (Å²) in [6, 6.07) is 3.45. The average molecular weight is 338 g/mol. The van der Waals surface area contributed by atoms with Gasteiger partial charge >= 0.3 is 0 Å². The third kappa shape index (κ3) is 4.34. The van der Waals surface area contributed by atoms with Crippen molar-refractivity contribution in [1.29, 1.82) is 0 Å². The molecule has 130 valence electrons. The first-order chi connectivity index (χ1) is 11.2. The third-order valence-corrected chi connectivity index (χ3v) is 6.57. The Balaban J connectivity index is 1.60. The Morgan fingerprint density at radius 2 is 2.00 bits per heavy atom. The maximum absolute atomic E-state index is 9.51. The summed E-state index contributed by atoms with van der Waals surface area (Å²) in [4.78, 5) is 9.24. The highest BCUT2D eigenvalue weighted by molar-refractivity contribution is 7.10. The molecule has 3 rings (SSSR count). The summed E-state index contributed by atoms with van der Waals surface area (Å²) in [5.74, 6) is 0. The molecular formula is C18H31N3OS. The summed E-state index contributed by atoms with van der Waals surface area (Å²) in [6.45, 7) is 9.44. The van der Waals surface area contributed by atoms with Crippen LogP contribution in [0.15, 0.2) is 11.4 Å². The van der Waals surface area contributed by atoms with Gasteiger partial charge in [0, 0.05) is 49.7 Å². The highest BCUT2D eigenvalue weighted by atomic mass is 32.1. The van der Waals surface area contributed by atoms with Crippen molar-refractivity contribution in [3.05, 3.63) is 21.9 Å². The van der Waals surface area contributed by atoms with Gasteiger partial charge in [0.15, 0.2) is 0 Å². The van der Waals surface area contributed by atoms with Crippen molar-refractivity contribution in [3.8, 4) is 0 Å².